The van der Waals surface area contributed by atoms with E-state index in [1.807, 2.05) is 0 Å². The first-order chi connectivity index (χ1) is 13.0. The van der Waals surface area contributed by atoms with Crippen LogP contribution in [0.5, 0.6) is 5.75 Å². The third-order valence-electron chi connectivity index (χ3n) is 3.73. The maximum absolute atomic E-state index is 12.9. The zero-order valence-electron chi connectivity index (χ0n) is 14.1. The standard InChI is InChI=1S/C22H14F2O3/c23-18-8-1-15(2-9-18)3-14-21(25)16-6-12-20(13-7-16)27-22(26)17-4-10-19(24)11-5-17/h1-14H. The number of ether oxygens (including phenoxy) is 1. The number of ketones is 1. The third kappa shape index (κ3) is 4.95. The molecule has 0 saturated carbocycles. The van der Waals surface area contributed by atoms with Crippen molar-refractivity contribution >= 4 is 17.8 Å². The molecule has 3 aromatic carbocycles. The Kier molecular flexibility index (Phi) is 5.52. The van der Waals surface area contributed by atoms with Gasteiger partial charge in [-0.15, -0.1) is 0 Å². The minimum absolute atomic E-state index is 0.221. The molecule has 0 aliphatic rings. The Morgan fingerprint density at radius 3 is 1.81 bits per heavy atom. The number of carbonyl (C=O) groups excluding carboxylic acids is 2. The number of allylic oxidation sites excluding steroid dienone is 1. The molecule has 0 aliphatic heterocycles. The number of esters is 1. The summed E-state index contributed by atoms with van der Waals surface area (Å²) < 4.78 is 30.9. The SMILES string of the molecule is O=C(C=Cc1ccc(F)cc1)c1ccc(OC(=O)c2ccc(F)cc2)cc1. The molecule has 0 aliphatic carbocycles. The summed E-state index contributed by atoms with van der Waals surface area (Å²) in [4.78, 5) is 24.1. The van der Waals surface area contributed by atoms with E-state index in [1.54, 1.807) is 18.2 Å². The van der Waals surface area contributed by atoms with Gasteiger partial charge in [-0.05, 0) is 72.3 Å². The van der Waals surface area contributed by atoms with Crippen molar-refractivity contribution in [3.8, 4) is 5.75 Å². The van der Waals surface area contributed by atoms with Crippen LogP contribution in [0.1, 0.15) is 26.3 Å². The van der Waals surface area contributed by atoms with E-state index in [1.165, 1.54) is 66.7 Å². The van der Waals surface area contributed by atoms with E-state index in [9.17, 15) is 18.4 Å². The fraction of sp³-hybridized carbons (Fsp3) is 0. The molecule has 3 aromatic rings. The van der Waals surface area contributed by atoms with Crippen LogP contribution < -0.4 is 4.74 Å². The topological polar surface area (TPSA) is 43.4 Å². The van der Waals surface area contributed by atoms with E-state index in [2.05, 4.69) is 0 Å². The summed E-state index contributed by atoms with van der Waals surface area (Å²) in [7, 11) is 0. The van der Waals surface area contributed by atoms with Gasteiger partial charge in [0.1, 0.15) is 17.4 Å². The molecule has 0 N–H and O–H groups in total. The highest BCUT2D eigenvalue weighted by Crippen LogP contribution is 2.16. The van der Waals surface area contributed by atoms with E-state index in [0.29, 0.717) is 11.1 Å². The van der Waals surface area contributed by atoms with Crippen LogP contribution in [-0.4, -0.2) is 11.8 Å². The highest BCUT2D eigenvalue weighted by atomic mass is 19.1. The number of halogens is 2. The Bertz CT molecular complexity index is 974. The van der Waals surface area contributed by atoms with Gasteiger partial charge in [0, 0.05) is 5.56 Å². The van der Waals surface area contributed by atoms with E-state index in [0.717, 1.165) is 0 Å². The van der Waals surface area contributed by atoms with Crippen molar-refractivity contribution in [1.29, 1.82) is 0 Å². The first-order valence-corrected chi connectivity index (χ1v) is 8.07. The van der Waals surface area contributed by atoms with Crippen molar-refractivity contribution in [2.24, 2.45) is 0 Å². The van der Waals surface area contributed by atoms with Crippen LogP contribution in [0.15, 0.2) is 78.9 Å². The van der Waals surface area contributed by atoms with Crippen LogP contribution in [0.4, 0.5) is 8.78 Å². The van der Waals surface area contributed by atoms with Crippen molar-refractivity contribution in [2.45, 2.75) is 0 Å². The normalized spacial score (nSPS) is 10.7. The molecule has 3 nitrogen and oxygen atoms in total. The van der Waals surface area contributed by atoms with E-state index in [-0.39, 0.29) is 22.9 Å². The minimum Gasteiger partial charge on any atom is -0.423 e. The third-order valence-corrected chi connectivity index (χ3v) is 3.73. The van der Waals surface area contributed by atoms with Crippen LogP contribution >= 0.6 is 0 Å². The van der Waals surface area contributed by atoms with Gasteiger partial charge in [0.25, 0.3) is 0 Å². The summed E-state index contributed by atoms with van der Waals surface area (Å²) in [6.45, 7) is 0. The molecular formula is C22H14F2O3. The summed E-state index contributed by atoms with van der Waals surface area (Å²) in [5.41, 5.74) is 1.34. The maximum Gasteiger partial charge on any atom is 0.343 e. The molecular weight excluding hydrogens is 350 g/mol. The molecule has 0 atom stereocenters. The summed E-state index contributed by atoms with van der Waals surface area (Å²) in [6.07, 6.45) is 2.97. The van der Waals surface area contributed by atoms with Crippen LogP contribution in [0.25, 0.3) is 6.08 Å². The number of carbonyl (C=O) groups is 2. The summed E-state index contributed by atoms with van der Waals surface area (Å²) in [6, 6.07) is 16.8. The molecule has 0 heterocycles. The molecule has 0 amide bonds. The average molecular weight is 364 g/mol. The molecule has 3 rings (SSSR count). The molecule has 0 unspecified atom stereocenters. The fourth-order valence-electron chi connectivity index (χ4n) is 2.28. The van der Waals surface area contributed by atoms with Gasteiger partial charge >= 0.3 is 5.97 Å². The first kappa shape index (κ1) is 18.2. The lowest BCUT2D eigenvalue weighted by Gasteiger charge is -2.05. The Morgan fingerprint density at radius 2 is 1.22 bits per heavy atom. The second-order valence-corrected chi connectivity index (χ2v) is 5.67. The second kappa shape index (κ2) is 8.19. The molecule has 134 valence electrons. The maximum atomic E-state index is 12.9. The molecule has 27 heavy (non-hydrogen) atoms. The number of benzene rings is 3. The van der Waals surface area contributed by atoms with Crippen molar-refractivity contribution in [2.75, 3.05) is 0 Å². The summed E-state index contributed by atoms with van der Waals surface area (Å²) >= 11 is 0. The smallest absolute Gasteiger partial charge is 0.343 e. The van der Waals surface area contributed by atoms with Crippen LogP contribution in [0.3, 0.4) is 0 Å². The summed E-state index contributed by atoms with van der Waals surface area (Å²) in [5, 5.41) is 0. The van der Waals surface area contributed by atoms with E-state index >= 15 is 0 Å². The van der Waals surface area contributed by atoms with Gasteiger partial charge in [0.05, 0.1) is 5.56 Å². The lowest BCUT2D eigenvalue weighted by atomic mass is 10.1. The first-order valence-electron chi connectivity index (χ1n) is 8.07. The average Bonchev–Trinajstić information content (AvgIpc) is 2.68. The van der Waals surface area contributed by atoms with Gasteiger partial charge in [-0.25, -0.2) is 13.6 Å². The molecule has 5 heteroatoms. The van der Waals surface area contributed by atoms with Gasteiger partial charge in [-0.3, -0.25) is 4.79 Å². The van der Waals surface area contributed by atoms with Crippen LogP contribution in [0, 0.1) is 11.6 Å². The zero-order valence-corrected chi connectivity index (χ0v) is 14.1. The van der Waals surface area contributed by atoms with Gasteiger partial charge in [0.15, 0.2) is 5.78 Å². The predicted molar refractivity (Wildman–Crippen MR) is 97.6 cm³/mol. The number of hydrogen-bond acceptors (Lipinski definition) is 3. The molecule has 0 saturated heterocycles. The Hall–Kier alpha value is -3.60. The van der Waals surface area contributed by atoms with E-state index < -0.39 is 11.8 Å². The lowest BCUT2D eigenvalue weighted by Crippen LogP contribution is -2.08. The van der Waals surface area contributed by atoms with Crippen molar-refractivity contribution in [3.05, 3.63) is 107 Å². The Balaban J connectivity index is 1.64. The highest BCUT2D eigenvalue weighted by Gasteiger charge is 2.09. The van der Waals surface area contributed by atoms with Gasteiger partial charge < -0.3 is 4.74 Å². The van der Waals surface area contributed by atoms with Gasteiger partial charge in [0.2, 0.25) is 0 Å². The van der Waals surface area contributed by atoms with E-state index in [4.69, 9.17) is 4.74 Å². The second-order valence-electron chi connectivity index (χ2n) is 5.67. The van der Waals surface area contributed by atoms with Crippen molar-refractivity contribution < 1.29 is 23.1 Å². The fourth-order valence-corrected chi connectivity index (χ4v) is 2.28. The number of rotatable bonds is 5. The Labute approximate surface area is 154 Å². The molecule has 0 aromatic heterocycles. The van der Waals surface area contributed by atoms with Crippen LogP contribution in [0.2, 0.25) is 0 Å². The zero-order chi connectivity index (χ0) is 19.2. The Morgan fingerprint density at radius 1 is 0.704 bits per heavy atom. The largest absolute Gasteiger partial charge is 0.423 e. The van der Waals surface area contributed by atoms with Crippen LogP contribution in [-0.2, 0) is 0 Å². The molecule has 0 bridgehead atoms. The highest BCUT2D eigenvalue weighted by molar-refractivity contribution is 6.06. The quantitative estimate of drug-likeness (QED) is 0.274. The van der Waals surface area contributed by atoms with Gasteiger partial charge in [-0.1, -0.05) is 18.2 Å². The van der Waals surface area contributed by atoms with Gasteiger partial charge in [-0.2, -0.15) is 0 Å². The molecule has 0 spiro atoms. The summed E-state index contributed by atoms with van der Waals surface area (Å²) in [5.74, 6) is -1.38. The predicted octanol–water partition coefficient (Wildman–Crippen LogP) is 5.08. The number of hydrogen-bond donors (Lipinski definition) is 0. The van der Waals surface area contributed by atoms with Crippen molar-refractivity contribution in [1.82, 2.24) is 0 Å². The minimum atomic E-state index is -0.620. The molecule has 0 radical (unpaired) electrons. The van der Waals surface area contributed by atoms with Crippen molar-refractivity contribution in [3.63, 3.8) is 0 Å². The monoisotopic (exact) mass is 364 g/mol. The lowest BCUT2D eigenvalue weighted by molar-refractivity contribution is 0.0734. The molecule has 0 fully saturated rings.